The summed E-state index contributed by atoms with van der Waals surface area (Å²) in [5.41, 5.74) is 1.24. The van der Waals surface area contributed by atoms with Crippen LogP contribution in [0.15, 0.2) is 30.3 Å². The van der Waals surface area contributed by atoms with Gasteiger partial charge in [-0.1, -0.05) is 30.3 Å². The predicted octanol–water partition coefficient (Wildman–Crippen LogP) is 2.13. The molecule has 0 atom stereocenters. The summed E-state index contributed by atoms with van der Waals surface area (Å²) in [6.45, 7) is 2.89. The number of imide groups is 1. The van der Waals surface area contributed by atoms with Gasteiger partial charge in [-0.2, -0.15) is 0 Å². The van der Waals surface area contributed by atoms with E-state index < -0.39 is 0 Å². The molecule has 2 aliphatic rings. The van der Waals surface area contributed by atoms with Crippen molar-refractivity contribution in [3.63, 3.8) is 0 Å². The van der Waals surface area contributed by atoms with Gasteiger partial charge >= 0.3 is 0 Å². The molecule has 2 fully saturated rings. The minimum absolute atomic E-state index is 0. The number of rotatable bonds is 2. The number of likely N-dealkylation sites (tertiary alicyclic amines) is 1. The van der Waals surface area contributed by atoms with Crippen LogP contribution in [0.5, 0.6) is 0 Å². The van der Waals surface area contributed by atoms with Gasteiger partial charge in [-0.15, -0.1) is 12.4 Å². The number of benzene rings is 1. The van der Waals surface area contributed by atoms with Crippen molar-refractivity contribution in [2.45, 2.75) is 32.2 Å². The second-order valence-electron chi connectivity index (χ2n) is 6.09. The van der Waals surface area contributed by atoms with Gasteiger partial charge in [0.25, 0.3) is 0 Å². The third-order valence-corrected chi connectivity index (χ3v) is 4.52. The summed E-state index contributed by atoms with van der Waals surface area (Å²) in [5.74, 6) is -0.199. The number of carbonyl (C=O) groups is 2. The Morgan fingerprint density at radius 2 is 1.57 bits per heavy atom. The molecule has 1 spiro atoms. The van der Waals surface area contributed by atoms with Crippen molar-refractivity contribution in [1.29, 1.82) is 0 Å². The smallest absolute Gasteiger partial charge is 0.227 e. The Bertz CT molecular complexity index is 492. The van der Waals surface area contributed by atoms with Gasteiger partial charge in [0.2, 0.25) is 11.8 Å². The molecule has 2 amide bonds. The molecule has 0 saturated carbocycles. The molecule has 21 heavy (non-hydrogen) atoms. The molecule has 3 rings (SSSR count). The third kappa shape index (κ3) is 3.83. The maximum absolute atomic E-state index is 11.6. The van der Waals surface area contributed by atoms with Crippen molar-refractivity contribution in [3.8, 4) is 0 Å². The number of hydrogen-bond donors (Lipinski definition) is 1. The Morgan fingerprint density at radius 1 is 1.00 bits per heavy atom. The lowest BCUT2D eigenvalue weighted by Gasteiger charge is -2.43. The second-order valence-corrected chi connectivity index (χ2v) is 6.09. The SMILES string of the molecule is Cl.O=C1CC2(CCN(Cc3ccccc3)CC2)CC(=O)N1. The molecule has 0 aromatic heterocycles. The van der Waals surface area contributed by atoms with E-state index in [1.54, 1.807) is 0 Å². The highest BCUT2D eigenvalue weighted by molar-refractivity contribution is 5.98. The first kappa shape index (κ1) is 16.0. The monoisotopic (exact) mass is 308 g/mol. The summed E-state index contributed by atoms with van der Waals surface area (Å²) < 4.78 is 0. The number of piperidine rings is 2. The summed E-state index contributed by atoms with van der Waals surface area (Å²) in [5, 5.41) is 2.41. The van der Waals surface area contributed by atoms with Crippen LogP contribution >= 0.6 is 12.4 Å². The van der Waals surface area contributed by atoms with Crippen molar-refractivity contribution in [1.82, 2.24) is 10.2 Å². The van der Waals surface area contributed by atoms with Gasteiger partial charge in [0.05, 0.1) is 0 Å². The van der Waals surface area contributed by atoms with Gasteiger partial charge in [-0.3, -0.25) is 19.8 Å². The first-order valence-corrected chi connectivity index (χ1v) is 7.24. The number of nitrogens with one attached hydrogen (secondary N) is 1. The van der Waals surface area contributed by atoms with Crippen LogP contribution in [-0.4, -0.2) is 29.8 Å². The highest BCUT2D eigenvalue weighted by Gasteiger charge is 2.41. The van der Waals surface area contributed by atoms with Crippen LogP contribution in [0.25, 0.3) is 0 Å². The molecule has 2 aliphatic heterocycles. The lowest BCUT2D eigenvalue weighted by molar-refractivity contribution is -0.139. The predicted molar refractivity (Wildman–Crippen MR) is 83.0 cm³/mol. The molecule has 5 heteroatoms. The molecule has 1 N–H and O–H groups in total. The number of carbonyl (C=O) groups excluding carboxylic acids is 2. The molecular weight excluding hydrogens is 288 g/mol. The summed E-state index contributed by atoms with van der Waals surface area (Å²) in [6, 6.07) is 10.4. The Labute approximate surface area is 131 Å². The molecule has 1 aromatic rings. The molecule has 2 saturated heterocycles. The van der Waals surface area contributed by atoms with Crippen molar-refractivity contribution in [2.75, 3.05) is 13.1 Å². The van der Waals surface area contributed by atoms with Crippen LogP contribution in [0.1, 0.15) is 31.2 Å². The van der Waals surface area contributed by atoms with Gasteiger partial charge in [0, 0.05) is 19.4 Å². The molecule has 0 unspecified atom stereocenters. The molecule has 114 valence electrons. The molecule has 4 nitrogen and oxygen atoms in total. The number of halogens is 1. The highest BCUT2D eigenvalue weighted by atomic mass is 35.5. The normalized spacial score (nSPS) is 21.7. The van der Waals surface area contributed by atoms with E-state index in [-0.39, 0.29) is 29.6 Å². The lowest BCUT2D eigenvalue weighted by Crippen LogP contribution is -2.49. The zero-order valence-electron chi connectivity index (χ0n) is 12.0. The highest BCUT2D eigenvalue weighted by Crippen LogP contribution is 2.40. The molecule has 2 heterocycles. The Kier molecular flexibility index (Phi) is 5.01. The van der Waals surface area contributed by atoms with E-state index in [9.17, 15) is 9.59 Å². The second kappa shape index (κ2) is 6.58. The minimum Gasteiger partial charge on any atom is -0.299 e. The van der Waals surface area contributed by atoms with E-state index in [2.05, 4.69) is 34.5 Å². The molecule has 0 aliphatic carbocycles. The van der Waals surface area contributed by atoms with Gasteiger partial charge < -0.3 is 0 Å². The van der Waals surface area contributed by atoms with Crippen molar-refractivity contribution < 1.29 is 9.59 Å². The third-order valence-electron chi connectivity index (χ3n) is 4.52. The summed E-state index contributed by atoms with van der Waals surface area (Å²) in [7, 11) is 0. The topological polar surface area (TPSA) is 49.4 Å². The molecular formula is C16H21ClN2O2. The summed E-state index contributed by atoms with van der Waals surface area (Å²) >= 11 is 0. The zero-order chi connectivity index (χ0) is 14.0. The Hall–Kier alpha value is -1.39. The number of amides is 2. The first-order valence-electron chi connectivity index (χ1n) is 7.24. The van der Waals surface area contributed by atoms with Crippen molar-refractivity contribution >= 4 is 24.2 Å². The van der Waals surface area contributed by atoms with Crippen LogP contribution in [0, 0.1) is 5.41 Å². The van der Waals surface area contributed by atoms with E-state index >= 15 is 0 Å². The van der Waals surface area contributed by atoms with Crippen molar-refractivity contribution in [2.24, 2.45) is 5.41 Å². The summed E-state index contributed by atoms with van der Waals surface area (Å²) in [6.07, 6.45) is 2.91. The van der Waals surface area contributed by atoms with Crippen LogP contribution in [0.4, 0.5) is 0 Å². The quantitative estimate of drug-likeness (QED) is 0.852. The van der Waals surface area contributed by atoms with E-state index in [0.29, 0.717) is 12.8 Å². The number of hydrogen-bond acceptors (Lipinski definition) is 3. The summed E-state index contributed by atoms with van der Waals surface area (Å²) in [4.78, 5) is 25.6. The van der Waals surface area contributed by atoms with Crippen molar-refractivity contribution in [3.05, 3.63) is 35.9 Å². The Morgan fingerprint density at radius 3 is 2.14 bits per heavy atom. The van der Waals surface area contributed by atoms with Crippen LogP contribution in [0.2, 0.25) is 0 Å². The standard InChI is InChI=1S/C16H20N2O2.ClH/c19-14-10-16(11-15(20)17-14)6-8-18(9-7-16)12-13-4-2-1-3-5-13;/h1-5H,6-12H2,(H,17,19,20);1H. The zero-order valence-corrected chi connectivity index (χ0v) is 12.8. The van der Waals surface area contributed by atoms with E-state index in [1.165, 1.54) is 5.56 Å². The fraction of sp³-hybridized carbons (Fsp3) is 0.500. The molecule has 0 radical (unpaired) electrons. The molecule has 1 aromatic carbocycles. The number of nitrogens with zero attached hydrogens (tertiary/aromatic N) is 1. The minimum atomic E-state index is -0.0993. The van der Waals surface area contributed by atoms with E-state index in [4.69, 9.17) is 0 Å². The maximum atomic E-state index is 11.6. The average molecular weight is 309 g/mol. The first-order chi connectivity index (χ1) is 9.65. The maximum Gasteiger partial charge on any atom is 0.227 e. The fourth-order valence-corrected chi connectivity index (χ4v) is 3.37. The Balaban J connectivity index is 0.00000161. The van der Waals surface area contributed by atoms with Crippen LogP contribution in [0.3, 0.4) is 0 Å². The van der Waals surface area contributed by atoms with Gasteiger partial charge in [0.15, 0.2) is 0 Å². The molecule has 0 bridgehead atoms. The van der Waals surface area contributed by atoms with Gasteiger partial charge in [-0.05, 0) is 36.9 Å². The van der Waals surface area contributed by atoms with E-state index in [1.807, 2.05) is 6.07 Å². The van der Waals surface area contributed by atoms with Gasteiger partial charge in [-0.25, -0.2) is 0 Å². The average Bonchev–Trinajstić information content (AvgIpc) is 2.42. The fourth-order valence-electron chi connectivity index (χ4n) is 3.37. The van der Waals surface area contributed by atoms with Gasteiger partial charge in [0.1, 0.15) is 0 Å². The van der Waals surface area contributed by atoms with Crippen LogP contribution < -0.4 is 5.32 Å². The van der Waals surface area contributed by atoms with E-state index in [0.717, 1.165) is 32.5 Å². The lowest BCUT2D eigenvalue weighted by atomic mass is 9.71. The van der Waals surface area contributed by atoms with Crippen LogP contribution in [-0.2, 0) is 16.1 Å². The largest absolute Gasteiger partial charge is 0.299 e.